The first-order chi connectivity index (χ1) is 17.9. The van der Waals surface area contributed by atoms with Crippen LogP contribution >= 0.6 is 0 Å². The van der Waals surface area contributed by atoms with Gasteiger partial charge in [-0.3, -0.25) is 4.79 Å². The van der Waals surface area contributed by atoms with Gasteiger partial charge in [0.15, 0.2) is 5.65 Å². The molecule has 0 aliphatic heterocycles. The molecule has 0 saturated heterocycles. The summed E-state index contributed by atoms with van der Waals surface area (Å²) in [5.74, 6) is 0.0329. The van der Waals surface area contributed by atoms with E-state index in [9.17, 15) is 9.18 Å². The van der Waals surface area contributed by atoms with E-state index in [1.165, 1.54) is 12.1 Å². The first-order valence-electron chi connectivity index (χ1n) is 11.9. The van der Waals surface area contributed by atoms with Crippen LogP contribution < -0.4 is 15.5 Å². The van der Waals surface area contributed by atoms with Crippen molar-refractivity contribution in [1.29, 1.82) is 0 Å². The number of fused-ring (bicyclic) bond motifs is 1. The van der Waals surface area contributed by atoms with Gasteiger partial charge in [-0.15, -0.1) is 5.10 Å². The van der Waals surface area contributed by atoms with E-state index in [0.717, 1.165) is 39.3 Å². The molecule has 0 radical (unpaired) electrons. The van der Waals surface area contributed by atoms with Crippen LogP contribution in [0.2, 0.25) is 0 Å². The third-order valence-electron chi connectivity index (χ3n) is 6.15. The molecular weight excluding hydrogens is 467 g/mol. The van der Waals surface area contributed by atoms with Crippen LogP contribution in [0.25, 0.3) is 16.8 Å². The molecule has 0 spiro atoms. The first kappa shape index (κ1) is 24.0. The lowest BCUT2D eigenvalue weighted by molar-refractivity contribution is 0.0951. The summed E-state index contributed by atoms with van der Waals surface area (Å²) in [6.07, 6.45) is 1.92. The van der Waals surface area contributed by atoms with Crippen molar-refractivity contribution in [2.75, 3.05) is 24.3 Å². The molecule has 5 aromatic rings. The SMILES string of the molecule is Cc1cc(N(C)C)ccc1Nc1nc2ccc(-c3ccc(C(=O)NCc4ccc(F)cc4)cc3)cn2n1. The van der Waals surface area contributed by atoms with Crippen molar-refractivity contribution in [2.45, 2.75) is 13.5 Å². The second-order valence-electron chi connectivity index (χ2n) is 9.06. The molecule has 37 heavy (non-hydrogen) atoms. The van der Waals surface area contributed by atoms with Gasteiger partial charge >= 0.3 is 0 Å². The monoisotopic (exact) mass is 494 g/mol. The molecule has 2 aromatic heterocycles. The van der Waals surface area contributed by atoms with E-state index in [1.807, 2.05) is 50.6 Å². The van der Waals surface area contributed by atoms with Crippen molar-refractivity contribution in [3.05, 3.63) is 108 Å². The highest BCUT2D eigenvalue weighted by atomic mass is 19.1. The Morgan fingerprint density at radius 2 is 1.68 bits per heavy atom. The molecular formula is C29H27FN6O. The fraction of sp³-hybridized carbons (Fsp3) is 0.138. The lowest BCUT2D eigenvalue weighted by Gasteiger charge is -2.15. The molecule has 7 nitrogen and oxygen atoms in total. The van der Waals surface area contributed by atoms with Crippen LogP contribution in [0.3, 0.4) is 0 Å². The molecule has 1 amide bonds. The molecule has 0 aliphatic rings. The first-order valence-corrected chi connectivity index (χ1v) is 11.9. The minimum atomic E-state index is -0.299. The number of amides is 1. The molecule has 0 aliphatic carbocycles. The Bertz CT molecular complexity index is 1560. The van der Waals surface area contributed by atoms with E-state index in [0.29, 0.717) is 18.1 Å². The van der Waals surface area contributed by atoms with Gasteiger partial charge in [0.2, 0.25) is 5.95 Å². The molecule has 0 bridgehead atoms. The normalized spacial score (nSPS) is 10.9. The zero-order valence-electron chi connectivity index (χ0n) is 20.9. The highest BCUT2D eigenvalue weighted by Crippen LogP contribution is 2.25. The maximum Gasteiger partial charge on any atom is 0.251 e. The van der Waals surface area contributed by atoms with Crippen molar-refractivity contribution in [3.8, 4) is 11.1 Å². The minimum absolute atomic E-state index is 0.188. The van der Waals surface area contributed by atoms with Crippen molar-refractivity contribution in [2.24, 2.45) is 0 Å². The summed E-state index contributed by atoms with van der Waals surface area (Å²) < 4.78 is 14.8. The summed E-state index contributed by atoms with van der Waals surface area (Å²) in [6.45, 7) is 2.38. The third-order valence-corrected chi connectivity index (χ3v) is 6.15. The van der Waals surface area contributed by atoms with E-state index in [1.54, 1.807) is 28.8 Å². The van der Waals surface area contributed by atoms with Gasteiger partial charge in [0.25, 0.3) is 5.91 Å². The van der Waals surface area contributed by atoms with Crippen LogP contribution in [0.5, 0.6) is 0 Å². The topological polar surface area (TPSA) is 74.6 Å². The number of hydrogen-bond acceptors (Lipinski definition) is 5. The molecule has 186 valence electrons. The minimum Gasteiger partial charge on any atom is -0.378 e. The smallest absolute Gasteiger partial charge is 0.251 e. The summed E-state index contributed by atoms with van der Waals surface area (Å²) >= 11 is 0. The van der Waals surface area contributed by atoms with Crippen LogP contribution in [0.4, 0.5) is 21.7 Å². The predicted octanol–water partition coefficient (Wildman–Crippen LogP) is 5.58. The third kappa shape index (κ3) is 5.43. The quantitative estimate of drug-likeness (QED) is 0.309. The van der Waals surface area contributed by atoms with Gasteiger partial charge in [0.05, 0.1) is 0 Å². The van der Waals surface area contributed by atoms with Crippen LogP contribution in [0, 0.1) is 12.7 Å². The Balaban J connectivity index is 1.28. The fourth-order valence-corrected chi connectivity index (χ4v) is 3.99. The highest BCUT2D eigenvalue weighted by molar-refractivity contribution is 5.94. The Kier molecular flexibility index (Phi) is 6.55. The van der Waals surface area contributed by atoms with E-state index in [4.69, 9.17) is 0 Å². The number of anilines is 3. The Hall–Kier alpha value is -4.72. The maximum absolute atomic E-state index is 13.1. The lowest BCUT2D eigenvalue weighted by Crippen LogP contribution is -2.22. The van der Waals surface area contributed by atoms with E-state index in [-0.39, 0.29) is 11.7 Å². The standard InChI is InChI=1S/C29H27FN6O/c1-19-16-25(35(2)3)13-14-26(19)32-29-33-27-15-10-23(18-36(27)34-29)21-6-8-22(9-7-21)28(37)31-17-20-4-11-24(30)12-5-20/h4-16,18H,17H2,1-3H3,(H,31,37)(H,32,34). The van der Waals surface area contributed by atoms with Crippen molar-refractivity contribution >= 4 is 28.9 Å². The number of nitrogens with one attached hydrogen (secondary N) is 2. The molecule has 0 fully saturated rings. The Morgan fingerprint density at radius 1 is 0.946 bits per heavy atom. The van der Waals surface area contributed by atoms with Crippen LogP contribution in [0.1, 0.15) is 21.5 Å². The number of rotatable bonds is 7. The fourth-order valence-electron chi connectivity index (χ4n) is 3.99. The van der Waals surface area contributed by atoms with Gasteiger partial charge in [-0.2, -0.15) is 4.98 Å². The molecule has 2 heterocycles. The van der Waals surface area contributed by atoms with Gasteiger partial charge in [-0.1, -0.05) is 24.3 Å². The molecule has 0 saturated carbocycles. The number of carbonyl (C=O) groups excluding carboxylic acids is 1. The lowest BCUT2D eigenvalue weighted by atomic mass is 10.1. The Morgan fingerprint density at radius 3 is 2.38 bits per heavy atom. The zero-order chi connectivity index (χ0) is 25.9. The number of carbonyl (C=O) groups is 1. The molecule has 2 N–H and O–H groups in total. The number of pyridine rings is 1. The van der Waals surface area contributed by atoms with E-state index < -0.39 is 0 Å². The van der Waals surface area contributed by atoms with Crippen LogP contribution in [-0.2, 0) is 6.54 Å². The zero-order valence-corrected chi connectivity index (χ0v) is 20.9. The summed E-state index contributed by atoms with van der Waals surface area (Å²) in [7, 11) is 4.03. The van der Waals surface area contributed by atoms with Gasteiger partial charge < -0.3 is 15.5 Å². The average Bonchev–Trinajstić information content (AvgIpc) is 3.31. The number of nitrogens with zero attached hydrogens (tertiary/aromatic N) is 4. The summed E-state index contributed by atoms with van der Waals surface area (Å²) in [5, 5.41) is 10.8. The van der Waals surface area contributed by atoms with E-state index in [2.05, 4.69) is 44.7 Å². The number of hydrogen-bond donors (Lipinski definition) is 2. The van der Waals surface area contributed by atoms with Crippen molar-refractivity contribution in [3.63, 3.8) is 0 Å². The highest BCUT2D eigenvalue weighted by Gasteiger charge is 2.10. The molecule has 8 heteroatoms. The Labute approximate surface area is 214 Å². The summed E-state index contributed by atoms with van der Waals surface area (Å²) in [6, 6.07) is 23.5. The second-order valence-corrected chi connectivity index (χ2v) is 9.06. The second kappa shape index (κ2) is 10.1. The van der Waals surface area contributed by atoms with Crippen molar-refractivity contribution in [1.82, 2.24) is 19.9 Å². The molecule has 5 rings (SSSR count). The summed E-state index contributed by atoms with van der Waals surface area (Å²) in [5.41, 5.74) is 7.21. The van der Waals surface area contributed by atoms with Crippen molar-refractivity contribution < 1.29 is 9.18 Å². The van der Waals surface area contributed by atoms with Gasteiger partial charge in [0.1, 0.15) is 5.82 Å². The van der Waals surface area contributed by atoms with Crippen LogP contribution in [0.15, 0.2) is 85.1 Å². The van der Waals surface area contributed by atoms with Gasteiger partial charge in [-0.25, -0.2) is 8.91 Å². The molecule has 0 atom stereocenters. The number of aromatic nitrogens is 3. The predicted molar refractivity (Wildman–Crippen MR) is 145 cm³/mol. The maximum atomic E-state index is 13.1. The molecule has 0 unspecified atom stereocenters. The van der Waals surface area contributed by atoms with Gasteiger partial charge in [-0.05, 0) is 78.2 Å². The summed E-state index contributed by atoms with van der Waals surface area (Å²) in [4.78, 5) is 19.2. The van der Waals surface area contributed by atoms with Gasteiger partial charge in [0, 0.05) is 49.3 Å². The van der Waals surface area contributed by atoms with Crippen LogP contribution in [-0.4, -0.2) is 34.6 Å². The molecule has 3 aromatic carbocycles. The largest absolute Gasteiger partial charge is 0.378 e. The number of aryl methyl sites for hydroxylation is 1. The van der Waals surface area contributed by atoms with E-state index >= 15 is 0 Å². The average molecular weight is 495 g/mol. The number of benzene rings is 3. The number of halogens is 1.